The predicted molar refractivity (Wildman–Crippen MR) is 80.9 cm³/mol. The van der Waals surface area contributed by atoms with Crippen LogP contribution >= 0.6 is 0 Å². The molecular weight excluding hydrogens is 282 g/mol. The summed E-state index contributed by atoms with van der Waals surface area (Å²) in [6.45, 7) is 3.21. The first-order valence-corrected chi connectivity index (χ1v) is 7.20. The zero-order valence-corrected chi connectivity index (χ0v) is 12.1. The molecular formula is C15H15N5O2. The van der Waals surface area contributed by atoms with Crippen LogP contribution in [0.15, 0.2) is 30.6 Å². The van der Waals surface area contributed by atoms with Crippen LogP contribution in [0.2, 0.25) is 0 Å². The number of fused-ring (bicyclic) bond motifs is 2. The van der Waals surface area contributed by atoms with Gasteiger partial charge >= 0.3 is 0 Å². The molecule has 1 aliphatic rings. The first-order valence-electron chi connectivity index (χ1n) is 7.20. The van der Waals surface area contributed by atoms with E-state index in [9.17, 15) is 0 Å². The van der Waals surface area contributed by atoms with Gasteiger partial charge in [0, 0.05) is 23.5 Å². The van der Waals surface area contributed by atoms with Gasteiger partial charge in [-0.25, -0.2) is 4.98 Å². The predicted octanol–water partition coefficient (Wildman–Crippen LogP) is 2.20. The molecule has 1 N–H and O–H groups in total. The van der Waals surface area contributed by atoms with Crippen LogP contribution in [0.3, 0.4) is 0 Å². The van der Waals surface area contributed by atoms with Crippen LogP contribution in [0.25, 0.3) is 5.78 Å². The summed E-state index contributed by atoms with van der Waals surface area (Å²) in [7, 11) is 0. The number of rotatable bonds is 3. The van der Waals surface area contributed by atoms with Gasteiger partial charge in [0.05, 0.1) is 0 Å². The van der Waals surface area contributed by atoms with Gasteiger partial charge in [0.2, 0.25) is 0 Å². The second-order valence-electron chi connectivity index (χ2n) is 4.94. The minimum absolute atomic E-state index is 0.568. The second kappa shape index (κ2) is 5.18. The maximum Gasteiger partial charge on any atom is 0.254 e. The van der Waals surface area contributed by atoms with E-state index >= 15 is 0 Å². The number of aromatic nitrogens is 4. The van der Waals surface area contributed by atoms with Gasteiger partial charge in [-0.2, -0.15) is 14.6 Å². The highest BCUT2D eigenvalue weighted by Crippen LogP contribution is 2.33. The Kier molecular flexibility index (Phi) is 3.03. The Morgan fingerprint density at radius 2 is 2.05 bits per heavy atom. The van der Waals surface area contributed by atoms with Crippen molar-refractivity contribution in [2.45, 2.75) is 13.3 Å². The van der Waals surface area contributed by atoms with Crippen molar-refractivity contribution in [3.8, 4) is 11.5 Å². The molecule has 2 aromatic heterocycles. The summed E-state index contributed by atoms with van der Waals surface area (Å²) in [5, 5.41) is 7.55. The van der Waals surface area contributed by atoms with Gasteiger partial charge in [-0.3, -0.25) is 0 Å². The van der Waals surface area contributed by atoms with Crippen LogP contribution in [0.1, 0.15) is 12.6 Å². The topological polar surface area (TPSA) is 73.6 Å². The highest BCUT2D eigenvalue weighted by molar-refractivity contribution is 5.63. The maximum absolute atomic E-state index is 5.61. The van der Waals surface area contributed by atoms with Crippen molar-refractivity contribution in [2.24, 2.45) is 0 Å². The molecule has 112 valence electrons. The number of nitrogens with zero attached hydrogens (tertiary/aromatic N) is 4. The number of nitrogens with one attached hydrogen (secondary N) is 1. The first-order chi connectivity index (χ1) is 10.8. The summed E-state index contributed by atoms with van der Waals surface area (Å²) in [6.07, 6.45) is 2.33. The average Bonchev–Trinajstić information content (AvgIpc) is 3.03. The summed E-state index contributed by atoms with van der Waals surface area (Å²) in [6, 6.07) is 7.74. The number of ether oxygens (including phenoxy) is 2. The Labute approximate surface area is 126 Å². The fourth-order valence-corrected chi connectivity index (χ4v) is 2.40. The number of hydrogen-bond acceptors (Lipinski definition) is 6. The minimum atomic E-state index is 0.568. The molecule has 3 heterocycles. The van der Waals surface area contributed by atoms with Gasteiger partial charge in [-0.05, 0) is 18.6 Å². The van der Waals surface area contributed by atoms with E-state index in [0.717, 1.165) is 35.1 Å². The van der Waals surface area contributed by atoms with Gasteiger partial charge in [0.1, 0.15) is 25.4 Å². The lowest BCUT2D eigenvalue weighted by Crippen LogP contribution is -2.15. The van der Waals surface area contributed by atoms with E-state index in [0.29, 0.717) is 19.0 Å². The fraction of sp³-hybridized carbons (Fsp3) is 0.267. The van der Waals surface area contributed by atoms with E-state index in [1.54, 1.807) is 4.52 Å². The summed E-state index contributed by atoms with van der Waals surface area (Å²) in [5.74, 6) is 2.91. The van der Waals surface area contributed by atoms with E-state index < -0.39 is 0 Å². The fourth-order valence-electron chi connectivity index (χ4n) is 2.40. The quantitative estimate of drug-likeness (QED) is 0.799. The van der Waals surface area contributed by atoms with Crippen molar-refractivity contribution in [1.82, 2.24) is 19.6 Å². The molecule has 22 heavy (non-hydrogen) atoms. The molecule has 1 aliphatic heterocycles. The Morgan fingerprint density at radius 1 is 1.18 bits per heavy atom. The number of anilines is 2. The summed E-state index contributed by atoms with van der Waals surface area (Å²) in [5.41, 5.74) is 1.86. The van der Waals surface area contributed by atoms with E-state index in [1.165, 1.54) is 6.33 Å². The van der Waals surface area contributed by atoms with Crippen molar-refractivity contribution < 1.29 is 9.47 Å². The van der Waals surface area contributed by atoms with Crippen LogP contribution in [0.5, 0.6) is 11.5 Å². The molecule has 0 spiro atoms. The molecule has 1 aromatic carbocycles. The highest BCUT2D eigenvalue weighted by atomic mass is 16.6. The Morgan fingerprint density at radius 3 is 2.91 bits per heavy atom. The van der Waals surface area contributed by atoms with Crippen LogP contribution in [-0.2, 0) is 6.42 Å². The second-order valence-corrected chi connectivity index (χ2v) is 4.94. The molecule has 7 heteroatoms. The first kappa shape index (κ1) is 12.9. The molecule has 4 rings (SSSR count). The molecule has 0 saturated carbocycles. The zero-order chi connectivity index (χ0) is 14.9. The highest BCUT2D eigenvalue weighted by Gasteiger charge is 2.13. The van der Waals surface area contributed by atoms with Crippen LogP contribution < -0.4 is 14.8 Å². The van der Waals surface area contributed by atoms with Crippen molar-refractivity contribution in [2.75, 3.05) is 18.5 Å². The average molecular weight is 297 g/mol. The lowest BCUT2D eigenvalue weighted by atomic mass is 10.2. The summed E-state index contributed by atoms with van der Waals surface area (Å²) in [4.78, 5) is 8.59. The minimum Gasteiger partial charge on any atom is -0.486 e. The van der Waals surface area contributed by atoms with Crippen LogP contribution in [0.4, 0.5) is 11.5 Å². The van der Waals surface area contributed by atoms with E-state index in [4.69, 9.17) is 9.47 Å². The summed E-state index contributed by atoms with van der Waals surface area (Å²) >= 11 is 0. The van der Waals surface area contributed by atoms with E-state index in [-0.39, 0.29) is 0 Å². The van der Waals surface area contributed by atoms with Crippen LogP contribution in [0, 0.1) is 0 Å². The molecule has 0 bridgehead atoms. The molecule has 0 fully saturated rings. The van der Waals surface area contributed by atoms with E-state index in [2.05, 4.69) is 27.3 Å². The monoisotopic (exact) mass is 297 g/mol. The normalized spacial score (nSPS) is 13.3. The van der Waals surface area contributed by atoms with Gasteiger partial charge < -0.3 is 14.8 Å². The number of benzene rings is 1. The van der Waals surface area contributed by atoms with Gasteiger partial charge in [0.15, 0.2) is 11.5 Å². The third kappa shape index (κ3) is 2.20. The Bertz CT molecular complexity index is 830. The van der Waals surface area contributed by atoms with Crippen molar-refractivity contribution in [3.63, 3.8) is 0 Å². The van der Waals surface area contributed by atoms with Crippen molar-refractivity contribution in [3.05, 3.63) is 36.3 Å². The Hall–Kier alpha value is -2.83. The molecule has 7 nitrogen and oxygen atoms in total. The summed E-state index contributed by atoms with van der Waals surface area (Å²) < 4.78 is 12.8. The molecule has 0 unspecified atom stereocenters. The third-order valence-corrected chi connectivity index (χ3v) is 3.48. The maximum atomic E-state index is 5.61. The van der Waals surface area contributed by atoms with Gasteiger partial charge in [-0.15, -0.1) is 0 Å². The molecule has 0 radical (unpaired) electrons. The van der Waals surface area contributed by atoms with Crippen LogP contribution in [-0.4, -0.2) is 32.8 Å². The lowest BCUT2D eigenvalue weighted by Gasteiger charge is -2.19. The number of aryl methyl sites for hydroxylation is 1. The van der Waals surface area contributed by atoms with E-state index in [1.807, 2.05) is 24.3 Å². The molecule has 0 amide bonds. The zero-order valence-electron chi connectivity index (χ0n) is 12.1. The van der Waals surface area contributed by atoms with Crippen molar-refractivity contribution >= 4 is 17.3 Å². The van der Waals surface area contributed by atoms with Crippen molar-refractivity contribution in [1.29, 1.82) is 0 Å². The third-order valence-electron chi connectivity index (χ3n) is 3.48. The van der Waals surface area contributed by atoms with Gasteiger partial charge in [0.25, 0.3) is 5.78 Å². The molecule has 0 aliphatic carbocycles. The van der Waals surface area contributed by atoms with Gasteiger partial charge in [-0.1, -0.05) is 6.92 Å². The molecule has 0 atom stereocenters. The largest absolute Gasteiger partial charge is 0.486 e. The lowest BCUT2D eigenvalue weighted by molar-refractivity contribution is 0.171. The number of hydrogen-bond donors (Lipinski definition) is 1. The molecule has 3 aromatic rings. The standard InChI is InChI=1S/C15H15N5O2/c1-2-10-8-14(20-15(19-10)16-9-17-20)18-11-3-4-12-13(7-11)22-6-5-21-12/h3-4,7-9,18H,2,5-6H2,1H3. The Balaban J connectivity index is 1.72. The smallest absolute Gasteiger partial charge is 0.254 e. The SMILES string of the molecule is CCc1cc(Nc2ccc3c(c2)OCCO3)n2ncnc2n1. The molecule has 0 saturated heterocycles.